The number of hydrogen-bond donors (Lipinski definition) is 1. The molecule has 1 amide bonds. The number of nitrogens with zero attached hydrogens (tertiary/aromatic N) is 1. The molecule has 0 spiro atoms. The Hall–Kier alpha value is -1.69. The average Bonchev–Trinajstić information content (AvgIpc) is 2.24. The van der Waals surface area contributed by atoms with Crippen LogP contribution in [0, 0.1) is 22.9 Å². The molecule has 1 N–H and O–H groups in total. The minimum absolute atomic E-state index is 0.00710. The highest BCUT2D eigenvalue weighted by atomic mass is 35.5. The Kier molecular flexibility index (Phi) is 3.78. The van der Waals surface area contributed by atoms with Crippen molar-refractivity contribution in [3.8, 4) is 0 Å². The van der Waals surface area contributed by atoms with Crippen LogP contribution in [-0.2, 0) is 4.79 Å². The highest BCUT2D eigenvalue weighted by Crippen LogP contribution is 2.29. The summed E-state index contributed by atoms with van der Waals surface area (Å²) in [5.41, 5.74) is -0.513. The fourth-order valence-corrected chi connectivity index (χ4v) is 1.22. The molecule has 0 aliphatic rings. The van der Waals surface area contributed by atoms with Gasteiger partial charge in [0.05, 0.1) is 4.92 Å². The van der Waals surface area contributed by atoms with E-state index in [4.69, 9.17) is 11.6 Å². The Morgan fingerprint density at radius 2 is 2.25 bits per heavy atom. The van der Waals surface area contributed by atoms with E-state index in [1.807, 2.05) is 0 Å². The van der Waals surface area contributed by atoms with Crippen molar-refractivity contribution in [2.75, 3.05) is 11.2 Å². The van der Waals surface area contributed by atoms with Gasteiger partial charge in [-0.25, -0.2) is 4.39 Å². The van der Waals surface area contributed by atoms with Crippen molar-refractivity contribution in [2.45, 2.75) is 6.92 Å². The van der Waals surface area contributed by atoms with Gasteiger partial charge in [-0.2, -0.15) is 0 Å². The third kappa shape index (κ3) is 2.46. The summed E-state index contributed by atoms with van der Waals surface area (Å²) in [6, 6.07) is 1.97. The molecular formula is C9H8ClFN2O3. The Bertz CT molecular complexity index is 451. The van der Waals surface area contributed by atoms with Crippen LogP contribution >= 0.6 is 11.6 Å². The third-order valence-electron chi connectivity index (χ3n) is 1.96. The first-order valence-electron chi connectivity index (χ1n) is 4.26. The number of hydrogen-bond acceptors (Lipinski definition) is 3. The van der Waals surface area contributed by atoms with Crippen molar-refractivity contribution in [3.63, 3.8) is 0 Å². The normalized spacial score (nSPS) is 9.94. The van der Waals surface area contributed by atoms with E-state index in [1.54, 1.807) is 0 Å². The van der Waals surface area contributed by atoms with E-state index in [2.05, 4.69) is 5.32 Å². The van der Waals surface area contributed by atoms with Gasteiger partial charge in [0.15, 0.2) is 0 Å². The molecule has 16 heavy (non-hydrogen) atoms. The van der Waals surface area contributed by atoms with E-state index < -0.39 is 16.6 Å². The second kappa shape index (κ2) is 4.89. The van der Waals surface area contributed by atoms with Crippen molar-refractivity contribution in [3.05, 3.63) is 33.6 Å². The summed E-state index contributed by atoms with van der Waals surface area (Å²) in [7, 11) is 0. The Balaban J connectivity index is 3.26. The molecule has 0 aliphatic carbocycles. The van der Waals surface area contributed by atoms with Crippen LogP contribution < -0.4 is 5.32 Å². The minimum atomic E-state index is -0.698. The molecule has 0 saturated heterocycles. The molecule has 1 aromatic rings. The molecule has 0 aromatic heterocycles. The summed E-state index contributed by atoms with van der Waals surface area (Å²) >= 11 is 5.25. The predicted molar refractivity (Wildman–Crippen MR) is 57.1 cm³/mol. The molecule has 0 heterocycles. The lowest BCUT2D eigenvalue weighted by Crippen LogP contribution is -2.15. The second-order valence-corrected chi connectivity index (χ2v) is 3.27. The summed E-state index contributed by atoms with van der Waals surface area (Å²) < 4.78 is 13.2. The van der Waals surface area contributed by atoms with Crippen LogP contribution in [0.4, 0.5) is 15.8 Å². The largest absolute Gasteiger partial charge is 0.319 e. The van der Waals surface area contributed by atoms with Gasteiger partial charge < -0.3 is 5.32 Å². The lowest BCUT2D eigenvalue weighted by Gasteiger charge is -2.08. The monoisotopic (exact) mass is 246 g/mol. The fourth-order valence-electron chi connectivity index (χ4n) is 1.15. The fraction of sp³-hybridized carbons (Fsp3) is 0.222. The number of halogens is 2. The summed E-state index contributed by atoms with van der Waals surface area (Å²) in [5.74, 6) is -1.61. The van der Waals surface area contributed by atoms with Crippen LogP contribution in [0.1, 0.15) is 5.56 Å². The molecule has 0 bridgehead atoms. The number of anilines is 1. The Morgan fingerprint density at radius 1 is 1.62 bits per heavy atom. The number of nitro benzene ring substituents is 1. The maximum atomic E-state index is 13.2. The maximum absolute atomic E-state index is 13.2. The summed E-state index contributed by atoms with van der Waals surface area (Å²) in [4.78, 5) is 21.0. The van der Waals surface area contributed by atoms with Crippen LogP contribution in [-0.4, -0.2) is 16.7 Å². The molecule has 7 heteroatoms. The molecular weight excluding hydrogens is 239 g/mol. The molecule has 5 nitrogen and oxygen atoms in total. The van der Waals surface area contributed by atoms with Gasteiger partial charge in [0.1, 0.15) is 17.4 Å². The highest BCUT2D eigenvalue weighted by Gasteiger charge is 2.20. The number of benzene rings is 1. The summed E-state index contributed by atoms with van der Waals surface area (Å²) in [5, 5.41) is 12.9. The van der Waals surface area contributed by atoms with Crippen molar-refractivity contribution in [2.24, 2.45) is 0 Å². The molecule has 86 valence electrons. The van der Waals surface area contributed by atoms with Crippen LogP contribution in [0.2, 0.25) is 0 Å². The smallest absolute Gasteiger partial charge is 0.293 e. The third-order valence-corrected chi connectivity index (χ3v) is 2.20. The van der Waals surface area contributed by atoms with E-state index in [0.29, 0.717) is 0 Å². The van der Waals surface area contributed by atoms with Crippen molar-refractivity contribution >= 4 is 28.9 Å². The molecule has 0 radical (unpaired) electrons. The number of nitrogens with one attached hydrogen (secondary N) is 1. The van der Waals surface area contributed by atoms with Crippen LogP contribution in [0.3, 0.4) is 0 Å². The van der Waals surface area contributed by atoms with Gasteiger partial charge in [-0.1, -0.05) is 0 Å². The Labute approximate surface area is 95.4 Å². The van der Waals surface area contributed by atoms with Gasteiger partial charge >= 0.3 is 0 Å². The van der Waals surface area contributed by atoms with Crippen LogP contribution in [0.25, 0.3) is 0 Å². The van der Waals surface area contributed by atoms with Crippen molar-refractivity contribution in [1.82, 2.24) is 0 Å². The van der Waals surface area contributed by atoms with Crippen LogP contribution in [0.15, 0.2) is 12.1 Å². The molecule has 0 atom stereocenters. The number of rotatable bonds is 3. The first-order chi connectivity index (χ1) is 7.47. The quantitative estimate of drug-likeness (QED) is 0.505. The zero-order chi connectivity index (χ0) is 12.3. The molecule has 0 saturated carbocycles. The van der Waals surface area contributed by atoms with Gasteiger partial charge in [-0.3, -0.25) is 14.9 Å². The zero-order valence-corrected chi connectivity index (χ0v) is 9.05. The number of carbonyl (C=O) groups is 1. The molecule has 0 fully saturated rings. The topological polar surface area (TPSA) is 72.2 Å². The maximum Gasteiger partial charge on any atom is 0.293 e. The van der Waals surface area contributed by atoms with Crippen LogP contribution in [0.5, 0.6) is 0 Å². The molecule has 1 aromatic carbocycles. The Morgan fingerprint density at radius 3 is 2.75 bits per heavy atom. The zero-order valence-electron chi connectivity index (χ0n) is 8.29. The van der Waals surface area contributed by atoms with Gasteiger partial charge in [0.25, 0.3) is 5.69 Å². The molecule has 0 unspecified atom stereocenters. The van der Waals surface area contributed by atoms with E-state index >= 15 is 0 Å². The summed E-state index contributed by atoms with van der Waals surface area (Å²) in [6.45, 7) is 1.34. The number of nitro groups is 1. The number of carbonyl (C=O) groups excluding carboxylic acids is 1. The van der Waals surface area contributed by atoms with E-state index in [-0.39, 0.29) is 22.8 Å². The van der Waals surface area contributed by atoms with Gasteiger partial charge in [-0.15, -0.1) is 11.6 Å². The van der Waals surface area contributed by atoms with Gasteiger partial charge in [0, 0.05) is 11.6 Å². The predicted octanol–water partition coefficient (Wildman–Crippen LogP) is 2.22. The highest BCUT2D eigenvalue weighted by molar-refractivity contribution is 6.29. The van der Waals surface area contributed by atoms with E-state index in [0.717, 1.165) is 12.1 Å². The first kappa shape index (κ1) is 12.4. The first-order valence-corrected chi connectivity index (χ1v) is 4.80. The van der Waals surface area contributed by atoms with E-state index in [9.17, 15) is 19.3 Å². The van der Waals surface area contributed by atoms with E-state index in [1.165, 1.54) is 6.92 Å². The second-order valence-electron chi connectivity index (χ2n) is 3.01. The number of alkyl halides is 1. The SMILES string of the molecule is Cc1c(F)ccc([N+](=O)[O-])c1NC(=O)CCl. The lowest BCUT2D eigenvalue weighted by atomic mass is 10.1. The van der Waals surface area contributed by atoms with Crippen molar-refractivity contribution < 1.29 is 14.1 Å². The standard InChI is InChI=1S/C9H8ClFN2O3/c1-5-6(11)2-3-7(13(15)16)9(5)12-8(14)4-10/h2-3H,4H2,1H3,(H,12,14). The average molecular weight is 247 g/mol. The minimum Gasteiger partial charge on any atom is -0.319 e. The van der Waals surface area contributed by atoms with Gasteiger partial charge in [-0.05, 0) is 13.0 Å². The molecule has 1 rings (SSSR count). The number of amides is 1. The lowest BCUT2D eigenvalue weighted by molar-refractivity contribution is -0.384. The van der Waals surface area contributed by atoms with Gasteiger partial charge in [0.2, 0.25) is 5.91 Å². The summed E-state index contributed by atoms with van der Waals surface area (Å²) in [6.07, 6.45) is 0. The molecule has 0 aliphatic heterocycles. The van der Waals surface area contributed by atoms with Crippen molar-refractivity contribution in [1.29, 1.82) is 0 Å².